The van der Waals surface area contributed by atoms with Crippen molar-refractivity contribution in [1.82, 2.24) is 4.90 Å². The molecular weight excluding hydrogens is 272 g/mol. The molecule has 0 radical (unpaired) electrons. The third-order valence-electron chi connectivity index (χ3n) is 3.55. The van der Waals surface area contributed by atoms with Gasteiger partial charge in [0.2, 0.25) is 5.91 Å². The fourth-order valence-corrected chi connectivity index (χ4v) is 2.50. The molecule has 1 aromatic carbocycles. The van der Waals surface area contributed by atoms with Crippen LogP contribution in [0.15, 0.2) is 24.3 Å². The molecule has 1 unspecified atom stereocenters. The summed E-state index contributed by atoms with van der Waals surface area (Å²) in [5.41, 5.74) is 6.38. The molecule has 1 aromatic rings. The molecule has 20 heavy (non-hydrogen) atoms. The Hall–Kier alpha value is -1.62. The van der Waals surface area contributed by atoms with E-state index in [1.807, 2.05) is 36.1 Å². The average Bonchev–Trinajstić information content (AvgIpc) is 2.44. The normalized spacial score (nSPS) is 18.9. The predicted octanol–water partition coefficient (Wildman–Crippen LogP) is 1.96. The molecule has 1 atom stereocenters. The molecule has 1 aliphatic rings. The van der Waals surface area contributed by atoms with E-state index in [4.69, 9.17) is 22.7 Å². The molecule has 0 saturated carbocycles. The topological polar surface area (TPSA) is 55.6 Å². The third kappa shape index (κ3) is 3.70. The van der Waals surface area contributed by atoms with Gasteiger partial charge in [0.25, 0.3) is 0 Å². The first-order valence-corrected chi connectivity index (χ1v) is 7.30. The second-order valence-corrected chi connectivity index (χ2v) is 5.55. The van der Waals surface area contributed by atoms with E-state index in [9.17, 15) is 4.79 Å². The number of nitrogens with two attached hydrogens (primary N) is 1. The Kier molecular flexibility index (Phi) is 4.95. The third-order valence-corrected chi connectivity index (χ3v) is 3.78. The molecule has 5 heteroatoms. The number of thiocarbonyl (C=S) groups is 1. The number of likely N-dealkylation sites (tertiary alicyclic amines) is 1. The van der Waals surface area contributed by atoms with E-state index in [0.717, 1.165) is 30.7 Å². The molecule has 0 aromatic heterocycles. The minimum atomic E-state index is 0.140. The van der Waals surface area contributed by atoms with Gasteiger partial charge >= 0.3 is 0 Å². The van der Waals surface area contributed by atoms with E-state index in [0.29, 0.717) is 18.1 Å². The smallest absolute Gasteiger partial charge is 0.225 e. The lowest BCUT2D eigenvalue weighted by Crippen LogP contribution is -2.42. The van der Waals surface area contributed by atoms with Crippen LogP contribution in [0.1, 0.15) is 25.3 Å². The monoisotopic (exact) mass is 292 g/mol. The van der Waals surface area contributed by atoms with E-state index in [-0.39, 0.29) is 11.8 Å². The molecule has 4 nitrogen and oxygen atoms in total. The van der Waals surface area contributed by atoms with Crippen LogP contribution in [-0.4, -0.2) is 35.5 Å². The number of ether oxygens (including phenoxy) is 1. The first-order chi connectivity index (χ1) is 9.58. The lowest BCUT2D eigenvalue weighted by molar-refractivity contribution is -0.138. The number of piperidine rings is 1. The minimum absolute atomic E-state index is 0.140. The Balaban J connectivity index is 1.85. The van der Waals surface area contributed by atoms with Gasteiger partial charge in [-0.25, -0.2) is 0 Å². The molecule has 1 amide bonds. The van der Waals surface area contributed by atoms with Gasteiger partial charge in [0, 0.05) is 18.0 Å². The zero-order valence-corrected chi connectivity index (χ0v) is 12.5. The minimum Gasteiger partial charge on any atom is -0.492 e. The second-order valence-electron chi connectivity index (χ2n) is 5.11. The van der Waals surface area contributed by atoms with Crippen LogP contribution in [0.3, 0.4) is 0 Å². The Morgan fingerprint density at radius 2 is 2.35 bits per heavy atom. The maximum Gasteiger partial charge on any atom is 0.225 e. The van der Waals surface area contributed by atoms with Crippen molar-refractivity contribution in [3.63, 3.8) is 0 Å². The summed E-state index contributed by atoms with van der Waals surface area (Å²) in [7, 11) is 0. The molecule has 1 fully saturated rings. The Bertz CT molecular complexity index is 504. The summed E-state index contributed by atoms with van der Waals surface area (Å²) in [4.78, 5) is 14.2. The van der Waals surface area contributed by atoms with Gasteiger partial charge in [-0.1, -0.05) is 31.3 Å². The van der Waals surface area contributed by atoms with Crippen LogP contribution in [0.25, 0.3) is 0 Å². The van der Waals surface area contributed by atoms with Crippen molar-refractivity contribution < 1.29 is 9.53 Å². The van der Waals surface area contributed by atoms with E-state index in [2.05, 4.69) is 0 Å². The fourth-order valence-electron chi connectivity index (χ4n) is 2.37. The van der Waals surface area contributed by atoms with Crippen LogP contribution in [0.2, 0.25) is 0 Å². The van der Waals surface area contributed by atoms with E-state index < -0.39 is 0 Å². The molecule has 1 heterocycles. The van der Waals surface area contributed by atoms with Crippen molar-refractivity contribution in [2.45, 2.75) is 19.8 Å². The molecule has 0 aliphatic carbocycles. The highest BCUT2D eigenvalue weighted by molar-refractivity contribution is 7.80. The summed E-state index contributed by atoms with van der Waals surface area (Å²) in [6.45, 7) is 3.93. The van der Waals surface area contributed by atoms with Crippen molar-refractivity contribution >= 4 is 23.1 Å². The number of hydrogen-bond acceptors (Lipinski definition) is 3. The lowest BCUT2D eigenvalue weighted by Gasteiger charge is -2.30. The predicted molar refractivity (Wildman–Crippen MR) is 82.8 cm³/mol. The number of rotatable bonds is 5. The average molecular weight is 292 g/mol. The Labute approximate surface area is 124 Å². The first-order valence-electron chi connectivity index (χ1n) is 6.89. The summed E-state index contributed by atoms with van der Waals surface area (Å²) in [6, 6.07) is 7.40. The summed E-state index contributed by atoms with van der Waals surface area (Å²) < 4.78 is 5.67. The van der Waals surface area contributed by atoms with Crippen LogP contribution in [-0.2, 0) is 4.79 Å². The summed E-state index contributed by atoms with van der Waals surface area (Å²) in [6.07, 6.45) is 2.07. The van der Waals surface area contributed by atoms with Gasteiger partial charge in [0.1, 0.15) is 17.3 Å². The number of benzene rings is 1. The van der Waals surface area contributed by atoms with Gasteiger partial charge in [-0.3, -0.25) is 4.79 Å². The van der Waals surface area contributed by atoms with Crippen molar-refractivity contribution in [1.29, 1.82) is 0 Å². The first kappa shape index (κ1) is 14.8. The Morgan fingerprint density at radius 1 is 1.55 bits per heavy atom. The maximum absolute atomic E-state index is 11.9. The lowest BCUT2D eigenvalue weighted by atomic mass is 9.99. The number of carbonyl (C=O) groups is 1. The summed E-state index contributed by atoms with van der Waals surface area (Å²) in [5, 5.41) is 0. The van der Waals surface area contributed by atoms with E-state index >= 15 is 0 Å². The van der Waals surface area contributed by atoms with Gasteiger partial charge in [-0.15, -0.1) is 0 Å². The van der Waals surface area contributed by atoms with E-state index in [1.165, 1.54) is 0 Å². The molecule has 108 valence electrons. The number of nitrogens with zero attached hydrogens (tertiary/aromatic N) is 1. The van der Waals surface area contributed by atoms with Gasteiger partial charge < -0.3 is 15.4 Å². The van der Waals surface area contributed by atoms with Crippen LogP contribution < -0.4 is 10.5 Å². The number of carbonyl (C=O) groups excluding carboxylic acids is 1. The molecule has 2 rings (SSSR count). The van der Waals surface area contributed by atoms with Gasteiger partial charge in [-0.05, 0) is 25.0 Å². The summed E-state index contributed by atoms with van der Waals surface area (Å²) in [5.74, 6) is 1.10. The summed E-state index contributed by atoms with van der Waals surface area (Å²) >= 11 is 4.93. The molecule has 1 aliphatic heterocycles. The highest BCUT2D eigenvalue weighted by atomic mass is 32.1. The van der Waals surface area contributed by atoms with Crippen molar-refractivity contribution in [3.8, 4) is 5.75 Å². The largest absolute Gasteiger partial charge is 0.492 e. The number of amides is 1. The van der Waals surface area contributed by atoms with Crippen LogP contribution in [0.5, 0.6) is 5.75 Å². The van der Waals surface area contributed by atoms with Crippen molar-refractivity contribution in [3.05, 3.63) is 29.8 Å². The van der Waals surface area contributed by atoms with Crippen LogP contribution >= 0.6 is 12.2 Å². The van der Waals surface area contributed by atoms with Gasteiger partial charge in [0.05, 0.1) is 6.54 Å². The zero-order valence-electron chi connectivity index (χ0n) is 11.7. The SMILES string of the molecule is CC1CCCN(CCOc2cccc(C(N)=S)c2)C1=O. The van der Waals surface area contributed by atoms with Gasteiger partial charge in [0.15, 0.2) is 0 Å². The Morgan fingerprint density at radius 3 is 3.10 bits per heavy atom. The van der Waals surface area contributed by atoms with Crippen molar-refractivity contribution in [2.24, 2.45) is 11.7 Å². The fraction of sp³-hybridized carbons (Fsp3) is 0.467. The maximum atomic E-state index is 11.9. The molecule has 0 bridgehead atoms. The molecular formula is C15H20N2O2S. The van der Waals surface area contributed by atoms with Crippen LogP contribution in [0, 0.1) is 5.92 Å². The highest BCUT2D eigenvalue weighted by Crippen LogP contribution is 2.17. The molecule has 1 saturated heterocycles. The standard InChI is InChI=1S/C15H20N2O2S/c1-11-4-3-7-17(15(11)18)8-9-19-13-6-2-5-12(10-13)14(16)20/h2,5-6,10-11H,3-4,7-9H2,1H3,(H2,16,20). The molecule has 2 N–H and O–H groups in total. The zero-order chi connectivity index (χ0) is 14.5. The van der Waals surface area contributed by atoms with Crippen LogP contribution in [0.4, 0.5) is 0 Å². The molecule has 0 spiro atoms. The van der Waals surface area contributed by atoms with Gasteiger partial charge in [-0.2, -0.15) is 0 Å². The van der Waals surface area contributed by atoms with Crippen molar-refractivity contribution in [2.75, 3.05) is 19.7 Å². The second kappa shape index (κ2) is 6.70. The van der Waals surface area contributed by atoms with E-state index in [1.54, 1.807) is 0 Å². The quantitative estimate of drug-likeness (QED) is 0.843. The number of hydrogen-bond donors (Lipinski definition) is 1. The highest BCUT2D eigenvalue weighted by Gasteiger charge is 2.24.